The fourth-order valence-corrected chi connectivity index (χ4v) is 2.05. The van der Waals surface area contributed by atoms with E-state index in [4.69, 9.17) is 5.11 Å². The van der Waals surface area contributed by atoms with E-state index in [0.717, 1.165) is 26.1 Å². The second kappa shape index (κ2) is 4.40. The highest BCUT2D eigenvalue weighted by Gasteiger charge is 2.30. The van der Waals surface area contributed by atoms with Crippen molar-refractivity contribution in [1.82, 2.24) is 10.2 Å². The predicted molar refractivity (Wildman–Crippen MR) is 54.8 cm³/mol. The van der Waals surface area contributed by atoms with E-state index in [0.29, 0.717) is 12.6 Å². The summed E-state index contributed by atoms with van der Waals surface area (Å²) in [7, 11) is 0. The molecule has 78 valence electrons. The predicted octanol–water partition coefficient (Wildman–Crippen LogP) is 0.441. The van der Waals surface area contributed by atoms with Crippen LogP contribution in [0.25, 0.3) is 0 Å². The molecule has 2 N–H and O–H groups in total. The molecule has 1 unspecified atom stereocenters. The van der Waals surface area contributed by atoms with Gasteiger partial charge >= 0.3 is 0 Å². The summed E-state index contributed by atoms with van der Waals surface area (Å²) in [6.45, 7) is 10.2. The molecule has 1 aliphatic heterocycles. The number of rotatable bonds is 2. The van der Waals surface area contributed by atoms with Crippen molar-refractivity contribution >= 4 is 0 Å². The maximum absolute atomic E-state index is 8.95. The van der Waals surface area contributed by atoms with E-state index < -0.39 is 0 Å². The van der Waals surface area contributed by atoms with Gasteiger partial charge in [-0.2, -0.15) is 0 Å². The zero-order chi connectivity index (χ0) is 9.90. The van der Waals surface area contributed by atoms with Crippen LogP contribution in [0.2, 0.25) is 0 Å². The fraction of sp³-hybridized carbons (Fsp3) is 1.00. The molecule has 3 heteroatoms. The molecule has 0 amide bonds. The van der Waals surface area contributed by atoms with Crippen molar-refractivity contribution in [2.45, 2.75) is 38.8 Å². The Bertz CT molecular complexity index is 151. The van der Waals surface area contributed by atoms with Gasteiger partial charge in [-0.05, 0) is 27.2 Å². The van der Waals surface area contributed by atoms with Crippen molar-refractivity contribution in [3.63, 3.8) is 0 Å². The van der Waals surface area contributed by atoms with E-state index in [2.05, 4.69) is 31.0 Å². The number of hydrogen-bond acceptors (Lipinski definition) is 3. The fourth-order valence-electron chi connectivity index (χ4n) is 2.05. The molecule has 0 aromatic heterocycles. The van der Waals surface area contributed by atoms with E-state index in [9.17, 15) is 0 Å². The highest BCUT2D eigenvalue weighted by molar-refractivity contribution is 4.87. The van der Waals surface area contributed by atoms with Crippen molar-refractivity contribution in [3.05, 3.63) is 0 Å². The van der Waals surface area contributed by atoms with Crippen molar-refractivity contribution < 1.29 is 5.11 Å². The van der Waals surface area contributed by atoms with E-state index >= 15 is 0 Å². The number of piperazine rings is 1. The molecule has 1 rings (SSSR count). The zero-order valence-electron chi connectivity index (χ0n) is 9.01. The summed E-state index contributed by atoms with van der Waals surface area (Å²) < 4.78 is 0. The van der Waals surface area contributed by atoms with Crippen molar-refractivity contribution in [2.75, 3.05) is 26.2 Å². The summed E-state index contributed by atoms with van der Waals surface area (Å²) in [4.78, 5) is 2.49. The largest absolute Gasteiger partial charge is 0.396 e. The number of hydrogen-bond donors (Lipinski definition) is 2. The molecule has 0 radical (unpaired) electrons. The SMILES string of the molecule is CC(C)(C)N1CCNCC1CCO. The number of nitrogens with one attached hydrogen (secondary N) is 1. The van der Waals surface area contributed by atoms with Crippen LogP contribution >= 0.6 is 0 Å². The van der Waals surface area contributed by atoms with Crippen molar-refractivity contribution in [2.24, 2.45) is 0 Å². The van der Waals surface area contributed by atoms with Crippen molar-refractivity contribution in [1.29, 1.82) is 0 Å². The Kier molecular flexibility index (Phi) is 3.71. The van der Waals surface area contributed by atoms with Crippen LogP contribution in [-0.2, 0) is 0 Å². The van der Waals surface area contributed by atoms with Gasteiger partial charge in [-0.25, -0.2) is 0 Å². The Morgan fingerprint density at radius 2 is 2.15 bits per heavy atom. The van der Waals surface area contributed by atoms with Gasteiger partial charge in [0.2, 0.25) is 0 Å². The van der Waals surface area contributed by atoms with Gasteiger partial charge < -0.3 is 10.4 Å². The molecular weight excluding hydrogens is 164 g/mol. The summed E-state index contributed by atoms with van der Waals surface area (Å²) >= 11 is 0. The minimum Gasteiger partial charge on any atom is -0.396 e. The van der Waals surface area contributed by atoms with E-state index in [1.807, 2.05) is 0 Å². The van der Waals surface area contributed by atoms with Crippen LogP contribution in [0, 0.1) is 0 Å². The van der Waals surface area contributed by atoms with Crippen LogP contribution in [0.5, 0.6) is 0 Å². The van der Waals surface area contributed by atoms with Crippen molar-refractivity contribution in [3.8, 4) is 0 Å². The third-order valence-corrected chi connectivity index (χ3v) is 2.67. The van der Waals surface area contributed by atoms with Crippen LogP contribution in [0.1, 0.15) is 27.2 Å². The molecule has 0 bridgehead atoms. The Labute approximate surface area is 81.1 Å². The monoisotopic (exact) mass is 186 g/mol. The maximum atomic E-state index is 8.95. The summed E-state index contributed by atoms with van der Waals surface area (Å²) in [6.07, 6.45) is 0.879. The normalized spacial score (nSPS) is 26.3. The lowest BCUT2D eigenvalue weighted by atomic mass is 9.99. The van der Waals surface area contributed by atoms with Gasteiger partial charge in [-0.3, -0.25) is 4.90 Å². The molecule has 1 heterocycles. The average Bonchev–Trinajstić information content (AvgIpc) is 2.04. The molecule has 1 aliphatic rings. The molecule has 0 spiro atoms. The highest BCUT2D eigenvalue weighted by Crippen LogP contribution is 2.19. The van der Waals surface area contributed by atoms with E-state index in [1.165, 1.54) is 0 Å². The Balaban J connectivity index is 2.56. The molecule has 0 saturated carbocycles. The Morgan fingerprint density at radius 3 is 2.69 bits per heavy atom. The first-order valence-electron chi connectivity index (χ1n) is 5.14. The zero-order valence-corrected chi connectivity index (χ0v) is 9.01. The number of aliphatic hydroxyl groups is 1. The van der Waals surface area contributed by atoms with Gasteiger partial charge in [-0.1, -0.05) is 0 Å². The quantitative estimate of drug-likeness (QED) is 0.657. The van der Waals surface area contributed by atoms with Gasteiger partial charge in [0.25, 0.3) is 0 Å². The lowest BCUT2D eigenvalue weighted by molar-refractivity contribution is 0.0475. The smallest absolute Gasteiger partial charge is 0.0446 e. The standard InChI is InChI=1S/C10H22N2O/c1-10(2,3)12-6-5-11-8-9(12)4-7-13/h9,11,13H,4-8H2,1-3H3. The first kappa shape index (κ1) is 11.0. The van der Waals surface area contributed by atoms with Gasteiger partial charge in [0.1, 0.15) is 0 Å². The van der Waals surface area contributed by atoms with Gasteiger partial charge in [0.05, 0.1) is 0 Å². The third kappa shape index (κ3) is 2.93. The number of aliphatic hydroxyl groups excluding tert-OH is 1. The molecule has 0 aromatic carbocycles. The first-order chi connectivity index (χ1) is 6.05. The Morgan fingerprint density at radius 1 is 1.46 bits per heavy atom. The lowest BCUT2D eigenvalue weighted by Gasteiger charge is -2.44. The summed E-state index contributed by atoms with van der Waals surface area (Å²) in [5, 5.41) is 12.3. The molecule has 3 nitrogen and oxygen atoms in total. The van der Waals surface area contributed by atoms with Crippen LogP contribution in [-0.4, -0.2) is 47.8 Å². The highest BCUT2D eigenvalue weighted by atomic mass is 16.3. The maximum Gasteiger partial charge on any atom is 0.0446 e. The molecule has 1 fully saturated rings. The second-order valence-corrected chi connectivity index (χ2v) is 4.73. The molecular formula is C10H22N2O. The lowest BCUT2D eigenvalue weighted by Crippen LogP contribution is -2.58. The van der Waals surface area contributed by atoms with E-state index in [-0.39, 0.29) is 5.54 Å². The molecule has 0 aliphatic carbocycles. The molecule has 1 saturated heterocycles. The van der Waals surface area contributed by atoms with Crippen LogP contribution in [0.15, 0.2) is 0 Å². The molecule has 1 atom stereocenters. The van der Waals surface area contributed by atoms with Gasteiger partial charge in [-0.15, -0.1) is 0 Å². The second-order valence-electron chi connectivity index (χ2n) is 4.73. The minimum atomic E-state index is 0.224. The van der Waals surface area contributed by atoms with E-state index in [1.54, 1.807) is 0 Å². The molecule has 0 aromatic rings. The Hall–Kier alpha value is -0.120. The summed E-state index contributed by atoms with van der Waals surface area (Å²) in [5.41, 5.74) is 0.224. The minimum absolute atomic E-state index is 0.224. The first-order valence-corrected chi connectivity index (χ1v) is 5.14. The third-order valence-electron chi connectivity index (χ3n) is 2.67. The summed E-state index contributed by atoms with van der Waals surface area (Å²) in [5.74, 6) is 0. The molecule has 13 heavy (non-hydrogen) atoms. The number of nitrogens with zero attached hydrogens (tertiary/aromatic N) is 1. The van der Waals surface area contributed by atoms with Crippen LogP contribution in [0.3, 0.4) is 0 Å². The van der Waals surface area contributed by atoms with Crippen LogP contribution < -0.4 is 5.32 Å². The average molecular weight is 186 g/mol. The topological polar surface area (TPSA) is 35.5 Å². The van der Waals surface area contributed by atoms with Crippen LogP contribution in [0.4, 0.5) is 0 Å². The van der Waals surface area contributed by atoms with Gasteiger partial charge in [0.15, 0.2) is 0 Å². The summed E-state index contributed by atoms with van der Waals surface area (Å²) in [6, 6.07) is 0.499. The van der Waals surface area contributed by atoms with Gasteiger partial charge in [0, 0.05) is 37.8 Å².